The molecule has 2 N–H and O–H groups in total. The van der Waals surface area contributed by atoms with Crippen molar-refractivity contribution in [2.24, 2.45) is 0 Å². The van der Waals surface area contributed by atoms with Gasteiger partial charge in [0.2, 0.25) is 0 Å². The molecule has 2 rings (SSSR count). The van der Waals surface area contributed by atoms with E-state index in [4.69, 9.17) is 27.9 Å². The molecule has 0 unspecified atom stereocenters. The van der Waals surface area contributed by atoms with E-state index in [9.17, 15) is 31.8 Å². The lowest BCUT2D eigenvalue weighted by atomic mass is 10.2. The Morgan fingerprint density at radius 2 is 1.89 bits per heavy atom. The Balaban J connectivity index is 2.69. The van der Waals surface area contributed by atoms with Crippen LogP contribution in [0.1, 0.15) is 17.5 Å². The summed E-state index contributed by atoms with van der Waals surface area (Å²) in [5, 5.41) is 18.2. The molecule has 0 saturated heterocycles. The third kappa shape index (κ3) is 4.67. The maximum absolute atomic E-state index is 13.1. The topological polar surface area (TPSA) is 100.0 Å². The monoisotopic (exact) mass is 460 g/mol. The number of aromatic nitrogens is 1. The van der Waals surface area contributed by atoms with Crippen LogP contribution in [0.5, 0.6) is 0 Å². The Morgan fingerprint density at radius 1 is 1.25 bits per heavy atom. The molecular weight excluding hydrogens is 448 g/mol. The molecule has 1 aromatic carbocycles. The summed E-state index contributed by atoms with van der Waals surface area (Å²) in [6.45, 7) is -0.673. The molecule has 2 aromatic rings. The van der Waals surface area contributed by atoms with Gasteiger partial charge in [-0.05, 0) is 24.3 Å². The number of rotatable bonds is 6. The van der Waals surface area contributed by atoms with Gasteiger partial charge in [-0.15, -0.1) is 0 Å². The number of aliphatic hydroxyl groups excluding tert-OH is 1. The zero-order valence-corrected chi connectivity index (χ0v) is 16.3. The number of benzene rings is 1. The molecule has 0 fully saturated rings. The van der Waals surface area contributed by atoms with Crippen LogP contribution in [0, 0.1) is 0 Å². The molecule has 0 aliphatic rings. The molecule has 1 aromatic heterocycles. The molecule has 13 heteroatoms. The summed E-state index contributed by atoms with van der Waals surface area (Å²) in [5.74, 6) is 0. The van der Waals surface area contributed by atoms with Crippen LogP contribution in [-0.2, 0) is 20.9 Å². The number of hydrogen-bond donors (Lipinski definition) is 2. The first-order valence-corrected chi connectivity index (χ1v) is 9.49. The molecule has 0 amide bonds. The molecule has 0 saturated carbocycles. The van der Waals surface area contributed by atoms with Gasteiger partial charge in [0.05, 0.1) is 26.2 Å². The van der Waals surface area contributed by atoms with E-state index in [0.29, 0.717) is 10.4 Å². The number of sulfonamides is 1. The molecule has 0 aliphatic carbocycles. The van der Waals surface area contributed by atoms with Crippen LogP contribution in [0.4, 0.5) is 18.9 Å². The van der Waals surface area contributed by atoms with Crippen LogP contribution < -0.4 is 4.31 Å². The largest absolute Gasteiger partial charge is 0.417 e. The van der Waals surface area contributed by atoms with Crippen molar-refractivity contribution in [3.63, 3.8) is 0 Å². The van der Waals surface area contributed by atoms with Crippen molar-refractivity contribution >= 4 is 38.9 Å². The van der Waals surface area contributed by atoms with Gasteiger partial charge in [0.15, 0.2) is 6.29 Å². The van der Waals surface area contributed by atoms with Crippen LogP contribution in [0.3, 0.4) is 0 Å². The van der Waals surface area contributed by atoms with E-state index in [-0.39, 0.29) is 10.7 Å². The minimum atomic E-state index is -4.89. The molecule has 0 atom stereocenters. The van der Waals surface area contributed by atoms with Crippen LogP contribution in [0.15, 0.2) is 35.4 Å². The SMILES string of the molecule is COCN(c1cc(Cl)cnc1C(O)O)S(=O)(=O)c1ccc(Cl)c(C(F)(F)F)c1. The summed E-state index contributed by atoms with van der Waals surface area (Å²) in [4.78, 5) is 2.91. The number of pyridine rings is 1. The zero-order chi connectivity index (χ0) is 21.3. The first kappa shape index (κ1) is 22.7. The number of aliphatic hydroxyl groups is 2. The van der Waals surface area contributed by atoms with Gasteiger partial charge >= 0.3 is 6.18 Å². The summed E-state index contributed by atoms with van der Waals surface area (Å²) in [6, 6.07) is 3.09. The average Bonchev–Trinajstić information content (AvgIpc) is 2.58. The van der Waals surface area contributed by atoms with E-state index in [2.05, 4.69) is 4.98 Å². The maximum atomic E-state index is 13.1. The highest BCUT2D eigenvalue weighted by Gasteiger charge is 2.36. The third-order valence-corrected chi connectivity index (χ3v) is 5.72. The predicted molar refractivity (Wildman–Crippen MR) is 94.4 cm³/mol. The molecule has 28 heavy (non-hydrogen) atoms. The van der Waals surface area contributed by atoms with Crippen molar-refractivity contribution in [3.05, 3.63) is 51.8 Å². The highest BCUT2D eigenvalue weighted by atomic mass is 35.5. The Kier molecular flexibility index (Phi) is 6.79. The Hall–Kier alpha value is -1.63. The molecule has 1 heterocycles. The van der Waals surface area contributed by atoms with Crippen LogP contribution >= 0.6 is 23.2 Å². The number of halogens is 5. The van der Waals surface area contributed by atoms with Gasteiger partial charge in [0, 0.05) is 13.3 Å². The number of anilines is 1. The van der Waals surface area contributed by atoms with E-state index in [0.717, 1.165) is 31.5 Å². The first-order valence-electron chi connectivity index (χ1n) is 7.29. The second-order valence-corrected chi connectivity index (χ2v) is 8.05. The van der Waals surface area contributed by atoms with Crippen LogP contribution in [-0.4, -0.2) is 37.5 Å². The lowest BCUT2D eigenvalue weighted by molar-refractivity contribution is -0.137. The normalized spacial score (nSPS) is 12.5. The minimum absolute atomic E-state index is 0.0530. The third-order valence-electron chi connectivity index (χ3n) is 3.45. The number of hydrogen-bond acceptors (Lipinski definition) is 6. The van der Waals surface area contributed by atoms with Crippen molar-refractivity contribution < 1.29 is 36.5 Å². The van der Waals surface area contributed by atoms with Crippen molar-refractivity contribution in [3.8, 4) is 0 Å². The maximum Gasteiger partial charge on any atom is 0.417 e. The molecule has 0 aliphatic heterocycles. The summed E-state index contributed by atoms with van der Waals surface area (Å²) in [7, 11) is -3.52. The standard InChI is InChI=1S/C15H13Cl2F3N2O5S/c1-27-7-22(12-4-8(16)6-21-13(12)14(23)24)28(25,26)9-2-3-11(17)10(5-9)15(18,19)20/h2-6,14,23-24H,7H2,1H3. The molecule has 7 nitrogen and oxygen atoms in total. The smallest absolute Gasteiger partial charge is 0.363 e. The lowest BCUT2D eigenvalue weighted by Gasteiger charge is -2.26. The van der Waals surface area contributed by atoms with Crippen molar-refractivity contribution in [1.82, 2.24) is 4.98 Å². The van der Waals surface area contributed by atoms with Gasteiger partial charge in [-0.2, -0.15) is 13.2 Å². The van der Waals surface area contributed by atoms with Crippen LogP contribution in [0.2, 0.25) is 10.0 Å². The van der Waals surface area contributed by atoms with Gasteiger partial charge in [0.1, 0.15) is 12.4 Å². The minimum Gasteiger partial charge on any atom is -0.363 e. The number of alkyl halides is 3. The molecule has 154 valence electrons. The van der Waals surface area contributed by atoms with Crippen LogP contribution in [0.25, 0.3) is 0 Å². The van der Waals surface area contributed by atoms with E-state index in [1.807, 2.05) is 0 Å². The molecular formula is C15H13Cl2F3N2O5S. The number of methoxy groups -OCH3 is 1. The summed E-state index contributed by atoms with van der Waals surface area (Å²) < 4.78 is 70.6. The Morgan fingerprint density at radius 3 is 2.43 bits per heavy atom. The van der Waals surface area contributed by atoms with Crippen molar-refractivity contribution in [2.45, 2.75) is 17.4 Å². The van der Waals surface area contributed by atoms with Gasteiger partial charge in [-0.3, -0.25) is 4.98 Å². The van der Waals surface area contributed by atoms with Gasteiger partial charge in [-0.25, -0.2) is 12.7 Å². The number of ether oxygens (including phenoxy) is 1. The highest BCUT2D eigenvalue weighted by Crippen LogP contribution is 2.37. The summed E-state index contributed by atoms with van der Waals surface area (Å²) in [5.41, 5.74) is -2.22. The molecule has 0 bridgehead atoms. The fraction of sp³-hybridized carbons (Fsp3) is 0.267. The quantitative estimate of drug-likeness (QED) is 0.642. The average molecular weight is 461 g/mol. The van der Waals surface area contributed by atoms with Gasteiger partial charge < -0.3 is 14.9 Å². The van der Waals surface area contributed by atoms with E-state index < -0.39 is 50.4 Å². The second kappa shape index (κ2) is 8.39. The predicted octanol–water partition coefficient (Wildman–Crippen LogP) is 3.19. The summed E-state index contributed by atoms with van der Waals surface area (Å²) in [6.07, 6.45) is -6.03. The zero-order valence-electron chi connectivity index (χ0n) is 14.0. The van der Waals surface area contributed by atoms with Gasteiger partial charge in [0.25, 0.3) is 10.0 Å². The van der Waals surface area contributed by atoms with Crippen molar-refractivity contribution in [1.29, 1.82) is 0 Å². The molecule has 0 radical (unpaired) electrons. The Labute approximate surface area is 167 Å². The first-order chi connectivity index (χ1) is 12.9. The Bertz CT molecular complexity index is 971. The van der Waals surface area contributed by atoms with E-state index in [1.54, 1.807) is 0 Å². The van der Waals surface area contributed by atoms with Crippen molar-refractivity contribution in [2.75, 3.05) is 18.1 Å². The summed E-state index contributed by atoms with van der Waals surface area (Å²) >= 11 is 11.3. The van der Waals surface area contributed by atoms with E-state index in [1.165, 1.54) is 0 Å². The van der Waals surface area contributed by atoms with E-state index >= 15 is 0 Å². The van der Waals surface area contributed by atoms with Gasteiger partial charge in [-0.1, -0.05) is 23.2 Å². The highest BCUT2D eigenvalue weighted by molar-refractivity contribution is 7.92. The second-order valence-electron chi connectivity index (χ2n) is 5.34. The fourth-order valence-electron chi connectivity index (χ4n) is 2.23. The lowest BCUT2D eigenvalue weighted by Crippen LogP contribution is -2.34. The molecule has 0 spiro atoms. The fourth-order valence-corrected chi connectivity index (χ4v) is 4.02. The number of nitrogens with zero attached hydrogens (tertiary/aromatic N) is 2.